The van der Waals surface area contributed by atoms with Gasteiger partial charge in [-0.2, -0.15) is 0 Å². The van der Waals surface area contributed by atoms with Crippen LogP contribution in [-0.4, -0.2) is 22.8 Å². The minimum atomic E-state index is 0.686. The van der Waals surface area contributed by atoms with Crippen molar-refractivity contribution in [3.8, 4) is 0 Å². The molecule has 2 aromatic rings. The van der Waals surface area contributed by atoms with Gasteiger partial charge < -0.3 is 14.7 Å². The zero-order valence-corrected chi connectivity index (χ0v) is 17.8. The maximum atomic E-state index is 5.61. The molecular formula is C25H33N3O. The average Bonchev–Trinajstić information content (AvgIpc) is 3.46. The molecule has 2 aromatic heterocycles. The SMILES string of the molecule is CCCCC1CCCCCCc2[nH]c(/C=C3/N=C(c4ccc[nH]4)C=C3OC)cc21. The van der Waals surface area contributed by atoms with Gasteiger partial charge in [0.05, 0.1) is 18.5 Å². The molecule has 1 aliphatic carbocycles. The fourth-order valence-electron chi connectivity index (χ4n) is 4.59. The van der Waals surface area contributed by atoms with Gasteiger partial charge in [-0.15, -0.1) is 0 Å². The van der Waals surface area contributed by atoms with Crippen molar-refractivity contribution in [3.05, 3.63) is 64.6 Å². The number of aromatic amines is 2. The van der Waals surface area contributed by atoms with Gasteiger partial charge in [-0.1, -0.05) is 39.0 Å². The van der Waals surface area contributed by atoms with Gasteiger partial charge in [0, 0.05) is 23.7 Å². The second-order valence-electron chi connectivity index (χ2n) is 8.27. The molecule has 0 aromatic carbocycles. The first-order valence-electron chi connectivity index (χ1n) is 11.2. The van der Waals surface area contributed by atoms with Crippen LogP contribution in [0.5, 0.6) is 0 Å². The van der Waals surface area contributed by atoms with Crippen LogP contribution in [0, 0.1) is 0 Å². The molecule has 0 saturated carbocycles. The van der Waals surface area contributed by atoms with Gasteiger partial charge in [0.2, 0.25) is 0 Å². The number of aromatic nitrogens is 2. The number of nitrogens with one attached hydrogen (secondary N) is 2. The molecule has 0 spiro atoms. The van der Waals surface area contributed by atoms with E-state index >= 15 is 0 Å². The first-order valence-corrected chi connectivity index (χ1v) is 11.2. The molecule has 2 aliphatic rings. The van der Waals surface area contributed by atoms with Crippen LogP contribution in [0.3, 0.4) is 0 Å². The second-order valence-corrected chi connectivity index (χ2v) is 8.27. The molecule has 0 fully saturated rings. The fourth-order valence-corrected chi connectivity index (χ4v) is 4.59. The summed E-state index contributed by atoms with van der Waals surface area (Å²) in [6.07, 6.45) is 17.8. The van der Waals surface area contributed by atoms with Gasteiger partial charge >= 0.3 is 0 Å². The number of hydrogen-bond donors (Lipinski definition) is 2. The minimum Gasteiger partial charge on any atom is -0.494 e. The number of rotatable bonds is 6. The van der Waals surface area contributed by atoms with E-state index in [1.807, 2.05) is 24.4 Å². The van der Waals surface area contributed by atoms with E-state index in [0.717, 1.165) is 35.0 Å². The minimum absolute atomic E-state index is 0.686. The number of hydrogen-bond acceptors (Lipinski definition) is 2. The van der Waals surface area contributed by atoms with Crippen molar-refractivity contribution in [3.63, 3.8) is 0 Å². The number of ether oxygens (including phenoxy) is 1. The quantitative estimate of drug-likeness (QED) is 0.580. The van der Waals surface area contributed by atoms with E-state index in [0.29, 0.717) is 5.92 Å². The van der Waals surface area contributed by atoms with Crippen LogP contribution in [0.4, 0.5) is 0 Å². The van der Waals surface area contributed by atoms with E-state index in [-0.39, 0.29) is 0 Å². The summed E-state index contributed by atoms with van der Waals surface area (Å²) in [6, 6.07) is 6.40. The lowest BCUT2D eigenvalue weighted by atomic mass is 9.89. The lowest BCUT2D eigenvalue weighted by Crippen LogP contribution is -2.01. The average molecular weight is 392 g/mol. The predicted octanol–water partition coefficient (Wildman–Crippen LogP) is 6.50. The number of aryl methyl sites for hydroxylation is 1. The highest BCUT2D eigenvalue weighted by Gasteiger charge is 2.21. The second kappa shape index (κ2) is 9.34. The van der Waals surface area contributed by atoms with E-state index in [2.05, 4.69) is 29.0 Å². The summed E-state index contributed by atoms with van der Waals surface area (Å²) in [4.78, 5) is 11.8. The topological polar surface area (TPSA) is 53.2 Å². The molecule has 0 saturated heterocycles. The monoisotopic (exact) mass is 391 g/mol. The standard InChI is InChI=1S/C25H33N3O/c1-3-4-10-18-11-7-5-6-8-12-21-20(18)15-19(27-21)16-24-25(29-2)17-23(28-24)22-13-9-14-26-22/h9,13-18,26-27H,3-8,10-12H2,1-2H3/b24-16+. The van der Waals surface area contributed by atoms with Crippen LogP contribution in [0.2, 0.25) is 0 Å². The Labute approximate surface area is 174 Å². The summed E-state index contributed by atoms with van der Waals surface area (Å²) in [5.41, 5.74) is 6.94. The van der Waals surface area contributed by atoms with Gasteiger partial charge in [-0.3, -0.25) is 0 Å². The van der Waals surface area contributed by atoms with Crippen molar-refractivity contribution < 1.29 is 4.74 Å². The van der Waals surface area contributed by atoms with Gasteiger partial charge in [0.25, 0.3) is 0 Å². The van der Waals surface area contributed by atoms with Crippen LogP contribution in [0.15, 0.2) is 46.9 Å². The lowest BCUT2D eigenvalue weighted by Gasteiger charge is -2.16. The number of unbranched alkanes of at least 4 members (excludes halogenated alkanes) is 1. The first kappa shape index (κ1) is 19.8. The molecule has 154 valence electrons. The third-order valence-corrected chi connectivity index (χ3v) is 6.18. The Morgan fingerprint density at radius 3 is 2.93 bits per heavy atom. The summed E-state index contributed by atoms with van der Waals surface area (Å²) < 4.78 is 5.61. The highest BCUT2D eigenvalue weighted by atomic mass is 16.5. The Bertz CT molecular complexity index is 899. The van der Waals surface area contributed by atoms with Crippen LogP contribution >= 0.6 is 0 Å². The Morgan fingerprint density at radius 2 is 2.14 bits per heavy atom. The van der Waals surface area contributed by atoms with Crippen LogP contribution < -0.4 is 0 Å². The number of H-pyrrole nitrogens is 2. The van der Waals surface area contributed by atoms with Crippen molar-refractivity contribution >= 4 is 11.8 Å². The lowest BCUT2D eigenvalue weighted by molar-refractivity contribution is 0.303. The molecule has 1 atom stereocenters. The summed E-state index contributed by atoms with van der Waals surface area (Å²) in [7, 11) is 1.71. The smallest absolute Gasteiger partial charge is 0.146 e. The molecule has 0 bridgehead atoms. The van der Waals surface area contributed by atoms with E-state index in [1.54, 1.807) is 12.7 Å². The number of nitrogens with zero attached hydrogens (tertiary/aromatic N) is 1. The number of fused-ring (bicyclic) bond motifs is 1. The van der Waals surface area contributed by atoms with Crippen molar-refractivity contribution in [2.75, 3.05) is 7.11 Å². The Morgan fingerprint density at radius 1 is 1.24 bits per heavy atom. The molecular weight excluding hydrogens is 358 g/mol. The highest BCUT2D eigenvalue weighted by molar-refractivity contribution is 6.11. The molecule has 29 heavy (non-hydrogen) atoms. The van der Waals surface area contributed by atoms with Crippen LogP contribution in [-0.2, 0) is 11.2 Å². The van der Waals surface area contributed by atoms with Crippen LogP contribution in [0.1, 0.15) is 86.9 Å². The van der Waals surface area contributed by atoms with Crippen molar-refractivity contribution in [1.82, 2.24) is 9.97 Å². The van der Waals surface area contributed by atoms with Crippen molar-refractivity contribution in [2.45, 2.75) is 70.6 Å². The molecule has 4 nitrogen and oxygen atoms in total. The Balaban J connectivity index is 1.64. The maximum absolute atomic E-state index is 5.61. The molecule has 0 radical (unpaired) electrons. The van der Waals surface area contributed by atoms with E-state index in [4.69, 9.17) is 9.73 Å². The molecule has 1 unspecified atom stereocenters. The van der Waals surface area contributed by atoms with Crippen LogP contribution in [0.25, 0.3) is 6.08 Å². The third-order valence-electron chi connectivity index (χ3n) is 6.18. The van der Waals surface area contributed by atoms with E-state index in [1.165, 1.54) is 57.1 Å². The summed E-state index contributed by atoms with van der Waals surface area (Å²) in [5, 5.41) is 0. The number of aliphatic imine (C=N–C) groups is 1. The predicted molar refractivity (Wildman–Crippen MR) is 120 cm³/mol. The zero-order valence-electron chi connectivity index (χ0n) is 17.8. The molecule has 3 heterocycles. The van der Waals surface area contributed by atoms with E-state index < -0.39 is 0 Å². The molecule has 1 aliphatic heterocycles. The van der Waals surface area contributed by atoms with Gasteiger partial charge in [0.1, 0.15) is 11.5 Å². The normalized spacial score (nSPS) is 21.2. The summed E-state index contributed by atoms with van der Waals surface area (Å²) in [6.45, 7) is 2.29. The first-order chi connectivity index (χ1) is 14.3. The van der Waals surface area contributed by atoms with Gasteiger partial charge in [-0.05, 0) is 61.4 Å². The maximum Gasteiger partial charge on any atom is 0.146 e. The van der Waals surface area contributed by atoms with E-state index in [9.17, 15) is 0 Å². The summed E-state index contributed by atoms with van der Waals surface area (Å²) in [5.74, 6) is 1.50. The Hall–Kier alpha value is -2.49. The zero-order chi connectivity index (χ0) is 20.1. The highest BCUT2D eigenvalue weighted by Crippen LogP contribution is 2.34. The van der Waals surface area contributed by atoms with Crippen molar-refractivity contribution in [1.29, 1.82) is 0 Å². The van der Waals surface area contributed by atoms with Crippen molar-refractivity contribution in [2.24, 2.45) is 4.99 Å². The Kier molecular flexibility index (Phi) is 6.38. The molecule has 2 N–H and O–H groups in total. The fraction of sp³-hybridized carbons (Fsp3) is 0.480. The van der Waals surface area contributed by atoms with Gasteiger partial charge in [0.15, 0.2) is 0 Å². The molecule has 0 amide bonds. The third kappa shape index (κ3) is 4.58. The number of methoxy groups -OCH3 is 1. The molecule has 4 heteroatoms. The molecule has 4 rings (SSSR count). The van der Waals surface area contributed by atoms with Gasteiger partial charge in [-0.25, -0.2) is 4.99 Å². The number of allylic oxidation sites excluding steroid dienone is 1. The summed E-state index contributed by atoms with van der Waals surface area (Å²) >= 11 is 0. The largest absolute Gasteiger partial charge is 0.494 e.